The van der Waals surface area contributed by atoms with Gasteiger partial charge in [-0.1, -0.05) is 46.3 Å². The molecule has 0 unspecified atom stereocenters. The van der Waals surface area contributed by atoms with Gasteiger partial charge >= 0.3 is 5.97 Å². The molecule has 11 nitrogen and oxygen atoms in total. The van der Waals surface area contributed by atoms with Gasteiger partial charge in [0.1, 0.15) is 17.2 Å². The number of hydrogen-bond donors (Lipinski definition) is 2. The third-order valence-corrected chi connectivity index (χ3v) is 6.91. The maximum Gasteiger partial charge on any atom is 0.343 e. The van der Waals surface area contributed by atoms with Crippen LogP contribution >= 0.6 is 15.9 Å². The highest BCUT2D eigenvalue weighted by molar-refractivity contribution is 9.10. The van der Waals surface area contributed by atoms with Crippen molar-refractivity contribution in [1.29, 1.82) is 0 Å². The zero-order valence-corrected chi connectivity index (χ0v) is 24.4. The van der Waals surface area contributed by atoms with Crippen LogP contribution in [-0.2, 0) is 11.2 Å². The number of fused-ring (bicyclic) bond motifs is 1. The molecule has 0 aromatic heterocycles. The number of nitrogens with zero attached hydrogens (tertiary/aromatic N) is 2. The van der Waals surface area contributed by atoms with Crippen molar-refractivity contribution in [1.82, 2.24) is 10.7 Å². The Labute approximate surface area is 259 Å². The fourth-order valence-electron chi connectivity index (χ4n) is 4.19. The second-order valence-electron chi connectivity index (χ2n) is 9.42. The molecular weight excluding hydrogens is 632 g/mol. The first-order valence-corrected chi connectivity index (χ1v) is 14.0. The number of carbonyl (C=O) groups excluding carboxylic acids is 3. The van der Waals surface area contributed by atoms with E-state index < -0.39 is 22.7 Å². The highest BCUT2D eigenvalue weighted by atomic mass is 79.9. The molecule has 1 heterocycles. The third kappa shape index (κ3) is 7.41. The normalized spacial score (nSPS) is 12.2. The Kier molecular flexibility index (Phi) is 9.21. The number of ether oxygens (including phenoxy) is 2. The van der Waals surface area contributed by atoms with Crippen LogP contribution in [0.25, 0.3) is 6.08 Å². The van der Waals surface area contributed by atoms with Crippen molar-refractivity contribution < 1.29 is 28.8 Å². The van der Waals surface area contributed by atoms with Gasteiger partial charge in [-0.2, -0.15) is 5.10 Å². The van der Waals surface area contributed by atoms with Crippen molar-refractivity contribution in [2.45, 2.75) is 6.42 Å². The number of non-ortho nitro benzene ring substituents is 1. The summed E-state index contributed by atoms with van der Waals surface area (Å²) in [4.78, 5) is 49.2. The van der Waals surface area contributed by atoms with Crippen LogP contribution in [0.5, 0.6) is 11.5 Å². The van der Waals surface area contributed by atoms with E-state index in [4.69, 9.17) is 9.47 Å². The predicted octanol–water partition coefficient (Wildman–Crippen LogP) is 5.43. The molecule has 1 aliphatic heterocycles. The molecule has 4 aromatic rings. The molecule has 2 amide bonds. The number of nitro groups is 1. The van der Waals surface area contributed by atoms with Gasteiger partial charge in [0.05, 0.1) is 23.3 Å². The quantitative estimate of drug-likeness (QED) is 0.0610. The first-order chi connectivity index (χ1) is 21.3. The largest absolute Gasteiger partial charge is 0.493 e. The summed E-state index contributed by atoms with van der Waals surface area (Å²) in [5, 5.41) is 17.6. The summed E-state index contributed by atoms with van der Waals surface area (Å²) in [6.45, 7) is 0.579. The number of nitrogens with one attached hydrogen (secondary N) is 2. The lowest BCUT2D eigenvalue weighted by atomic mass is 10.1. The summed E-state index contributed by atoms with van der Waals surface area (Å²) < 4.78 is 11.8. The van der Waals surface area contributed by atoms with E-state index in [1.165, 1.54) is 42.6 Å². The average molecular weight is 655 g/mol. The maximum absolute atomic E-state index is 13.2. The second kappa shape index (κ2) is 13.6. The zero-order valence-electron chi connectivity index (χ0n) is 22.9. The molecule has 5 rings (SSSR count). The molecule has 220 valence electrons. The fraction of sp³-hybridized carbons (Fsp3) is 0.0625. The van der Waals surface area contributed by atoms with E-state index in [9.17, 15) is 24.5 Å². The molecule has 0 radical (unpaired) electrons. The molecule has 4 aromatic carbocycles. The monoisotopic (exact) mass is 654 g/mol. The topological polar surface area (TPSA) is 149 Å². The number of carbonyl (C=O) groups is 3. The summed E-state index contributed by atoms with van der Waals surface area (Å²) >= 11 is 3.36. The Bertz CT molecular complexity index is 1810. The Balaban J connectivity index is 1.34. The van der Waals surface area contributed by atoms with Gasteiger partial charge in [-0.15, -0.1) is 0 Å². The SMILES string of the molecule is O=C(N/N=C/c1cc(Br)ccc1OC(=O)c1ccc([N+](=O)[O-])cc1)/C(=C\c1ccc2c(c1)OCC2)NC(=O)c1ccccc1. The smallest absolute Gasteiger partial charge is 0.343 e. The van der Waals surface area contributed by atoms with Crippen molar-refractivity contribution in [3.63, 3.8) is 0 Å². The van der Waals surface area contributed by atoms with E-state index in [-0.39, 0.29) is 22.7 Å². The summed E-state index contributed by atoms with van der Waals surface area (Å²) in [5.74, 6) is -1.09. The molecule has 1 aliphatic rings. The lowest BCUT2D eigenvalue weighted by Gasteiger charge is -2.10. The van der Waals surface area contributed by atoms with Crippen LogP contribution < -0.4 is 20.2 Å². The van der Waals surface area contributed by atoms with E-state index in [0.29, 0.717) is 27.8 Å². The van der Waals surface area contributed by atoms with Crippen molar-refractivity contribution in [3.8, 4) is 11.5 Å². The standard InChI is InChI=1S/C32H23BrN4O7/c33-25-10-13-28(44-32(40)23-8-11-26(12-9-23)37(41)42)24(18-25)19-34-36-31(39)27(35-30(38)22-4-2-1-3-5-22)16-20-6-7-21-14-15-43-29(21)17-20/h1-13,16-19H,14-15H2,(H,35,38)(H,36,39)/b27-16+,34-19+. The van der Waals surface area contributed by atoms with Gasteiger partial charge in [0.2, 0.25) is 0 Å². The predicted molar refractivity (Wildman–Crippen MR) is 165 cm³/mol. The van der Waals surface area contributed by atoms with Crippen molar-refractivity contribution in [2.75, 3.05) is 6.61 Å². The minimum absolute atomic E-state index is 0.0620. The van der Waals surface area contributed by atoms with Crippen LogP contribution in [-0.4, -0.2) is 35.5 Å². The van der Waals surface area contributed by atoms with Gasteiger partial charge in [0.15, 0.2) is 0 Å². The van der Waals surface area contributed by atoms with Crippen LogP contribution in [0, 0.1) is 10.1 Å². The van der Waals surface area contributed by atoms with E-state index >= 15 is 0 Å². The van der Waals surface area contributed by atoms with Crippen molar-refractivity contribution in [3.05, 3.63) is 139 Å². The summed E-state index contributed by atoms with van der Waals surface area (Å²) in [7, 11) is 0. The van der Waals surface area contributed by atoms with E-state index in [1.54, 1.807) is 48.5 Å². The van der Waals surface area contributed by atoms with Gasteiger partial charge in [-0.25, -0.2) is 10.2 Å². The number of benzene rings is 4. The molecule has 0 fully saturated rings. The van der Waals surface area contributed by atoms with Gasteiger partial charge < -0.3 is 14.8 Å². The molecule has 44 heavy (non-hydrogen) atoms. The number of esters is 1. The fourth-order valence-corrected chi connectivity index (χ4v) is 4.57. The molecule has 0 saturated heterocycles. The highest BCUT2D eigenvalue weighted by Crippen LogP contribution is 2.27. The lowest BCUT2D eigenvalue weighted by molar-refractivity contribution is -0.384. The molecule has 2 N–H and O–H groups in total. The summed E-state index contributed by atoms with van der Waals surface area (Å²) in [5.41, 5.74) is 4.69. The Morgan fingerprint density at radius 3 is 2.48 bits per heavy atom. The Hall–Kier alpha value is -5.62. The summed E-state index contributed by atoms with van der Waals surface area (Å²) in [6.07, 6.45) is 3.60. The average Bonchev–Trinajstić information content (AvgIpc) is 3.50. The van der Waals surface area contributed by atoms with E-state index in [2.05, 4.69) is 31.8 Å². The van der Waals surface area contributed by atoms with Crippen LogP contribution in [0.4, 0.5) is 5.69 Å². The van der Waals surface area contributed by atoms with Gasteiger partial charge in [0, 0.05) is 34.2 Å². The molecule has 12 heteroatoms. The van der Waals surface area contributed by atoms with Gasteiger partial charge in [-0.05, 0) is 65.7 Å². The highest BCUT2D eigenvalue weighted by Gasteiger charge is 2.17. The maximum atomic E-state index is 13.2. The van der Waals surface area contributed by atoms with Crippen LogP contribution in [0.2, 0.25) is 0 Å². The first kappa shape index (κ1) is 29.9. The minimum Gasteiger partial charge on any atom is -0.493 e. The van der Waals surface area contributed by atoms with Gasteiger partial charge in [-0.3, -0.25) is 19.7 Å². The number of nitro benzene ring substituents is 1. The third-order valence-electron chi connectivity index (χ3n) is 6.42. The van der Waals surface area contributed by atoms with E-state index in [0.717, 1.165) is 17.7 Å². The van der Waals surface area contributed by atoms with E-state index in [1.807, 2.05) is 12.1 Å². The lowest BCUT2D eigenvalue weighted by Crippen LogP contribution is -2.32. The zero-order chi connectivity index (χ0) is 31.1. The van der Waals surface area contributed by atoms with Gasteiger partial charge in [0.25, 0.3) is 17.5 Å². The molecule has 0 saturated carbocycles. The van der Waals surface area contributed by atoms with Crippen molar-refractivity contribution in [2.24, 2.45) is 5.10 Å². The molecule has 0 atom stereocenters. The number of halogens is 1. The van der Waals surface area contributed by atoms with Crippen LogP contribution in [0.3, 0.4) is 0 Å². The van der Waals surface area contributed by atoms with Crippen LogP contribution in [0.15, 0.2) is 106 Å². The second-order valence-corrected chi connectivity index (χ2v) is 10.3. The summed E-state index contributed by atoms with van der Waals surface area (Å²) in [6, 6.07) is 23.8. The first-order valence-electron chi connectivity index (χ1n) is 13.2. The number of amides is 2. The molecule has 0 aliphatic carbocycles. The molecular formula is C32H23BrN4O7. The Morgan fingerprint density at radius 1 is 0.955 bits per heavy atom. The number of rotatable bonds is 9. The van der Waals surface area contributed by atoms with Crippen molar-refractivity contribution >= 4 is 51.7 Å². The minimum atomic E-state index is -0.743. The Morgan fingerprint density at radius 2 is 1.73 bits per heavy atom. The van der Waals surface area contributed by atoms with Crippen LogP contribution in [0.1, 0.15) is 37.4 Å². The molecule has 0 spiro atoms. The number of hydrazone groups is 1. The number of hydrogen-bond acceptors (Lipinski definition) is 8. The molecule has 0 bridgehead atoms.